The zero-order valence-corrected chi connectivity index (χ0v) is 10.3. The van der Waals surface area contributed by atoms with Gasteiger partial charge in [0.15, 0.2) is 5.82 Å². The van der Waals surface area contributed by atoms with Gasteiger partial charge in [-0.2, -0.15) is 10.4 Å². The van der Waals surface area contributed by atoms with Gasteiger partial charge in [-0.25, -0.2) is 9.50 Å². The quantitative estimate of drug-likeness (QED) is 0.762. The molecule has 2 aromatic rings. The smallest absolute Gasteiger partial charge is 0.154 e. The van der Waals surface area contributed by atoms with Crippen molar-refractivity contribution in [2.75, 3.05) is 31.7 Å². The molecule has 0 aliphatic rings. The lowest BCUT2D eigenvalue weighted by Crippen LogP contribution is -2.29. The summed E-state index contributed by atoms with van der Waals surface area (Å²) < 4.78 is 6.86. The van der Waals surface area contributed by atoms with Gasteiger partial charge in [0.1, 0.15) is 5.52 Å². The molecule has 0 aliphatic heterocycles. The molecule has 0 saturated heterocycles. The Balaban J connectivity index is 2.28. The van der Waals surface area contributed by atoms with Crippen LogP contribution < -0.4 is 4.90 Å². The fourth-order valence-electron chi connectivity index (χ4n) is 1.80. The van der Waals surface area contributed by atoms with Gasteiger partial charge >= 0.3 is 0 Å². The van der Waals surface area contributed by atoms with E-state index < -0.39 is 0 Å². The van der Waals surface area contributed by atoms with Crippen LogP contribution in [0.15, 0.2) is 24.7 Å². The summed E-state index contributed by atoms with van der Waals surface area (Å²) in [5.41, 5.74) is 0.937. The number of hydrogen-bond acceptors (Lipinski definition) is 5. The van der Waals surface area contributed by atoms with Crippen molar-refractivity contribution in [2.24, 2.45) is 0 Å². The molecule has 0 unspecified atom stereocenters. The first-order valence-corrected chi connectivity index (χ1v) is 5.76. The lowest BCUT2D eigenvalue weighted by molar-refractivity contribution is 0.205. The molecule has 2 rings (SSSR count). The number of methoxy groups -OCH3 is 1. The Bertz CT molecular complexity index is 545. The largest absolute Gasteiger partial charge is 0.383 e. The van der Waals surface area contributed by atoms with Crippen molar-refractivity contribution in [3.8, 4) is 6.07 Å². The van der Waals surface area contributed by atoms with E-state index in [9.17, 15) is 0 Å². The van der Waals surface area contributed by atoms with Gasteiger partial charge in [-0.3, -0.25) is 0 Å². The van der Waals surface area contributed by atoms with Crippen molar-refractivity contribution in [1.29, 1.82) is 5.26 Å². The van der Waals surface area contributed by atoms with E-state index in [1.165, 1.54) is 0 Å². The van der Waals surface area contributed by atoms with Crippen LogP contribution in [0.25, 0.3) is 5.52 Å². The molecule has 0 atom stereocenters. The average molecular weight is 245 g/mol. The summed E-state index contributed by atoms with van der Waals surface area (Å²) in [7, 11) is 1.66. The number of nitrogens with zero attached hydrogens (tertiary/aromatic N) is 5. The van der Waals surface area contributed by atoms with Crippen molar-refractivity contribution in [2.45, 2.75) is 6.42 Å². The Labute approximate surface area is 105 Å². The first-order chi connectivity index (χ1) is 8.86. The van der Waals surface area contributed by atoms with Crippen LogP contribution in [0.1, 0.15) is 6.42 Å². The van der Waals surface area contributed by atoms with Crippen LogP contribution in [0.5, 0.6) is 0 Å². The standard InChI is InChI=1S/C12H15N5O/c1-18-10-9-16(7-2-4-13)12-11-3-5-15-17(11)8-6-14-12/h3,5-6,8H,2,7,9-10H2,1H3. The van der Waals surface area contributed by atoms with Crippen LogP contribution in [-0.4, -0.2) is 41.4 Å². The number of hydrogen-bond donors (Lipinski definition) is 0. The van der Waals surface area contributed by atoms with E-state index in [1.807, 2.05) is 11.0 Å². The van der Waals surface area contributed by atoms with Gasteiger partial charge in [-0.05, 0) is 6.07 Å². The predicted octanol–water partition coefficient (Wildman–Crippen LogP) is 1.10. The Hall–Kier alpha value is -2.13. The Kier molecular flexibility index (Phi) is 4.10. The minimum Gasteiger partial charge on any atom is -0.383 e. The molecule has 18 heavy (non-hydrogen) atoms. The monoisotopic (exact) mass is 245 g/mol. The summed E-state index contributed by atoms with van der Waals surface area (Å²) in [6, 6.07) is 4.06. The van der Waals surface area contributed by atoms with Crippen molar-refractivity contribution in [1.82, 2.24) is 14.6 Å². The highest BCUT2D eigenvalue weighted by Gasteiger charge is 2.11. The minimum absolute atomic E-state index is 0.459. The lowest BCUT2D eigenvalue weighted by atomic mass is 10.3. The van der Waals surface area contributed by atoms with Crippen molar-refractivity contribution in [3.05, 3.63) is 24.7 Å². The molecule has 6 nitrogen and oxygen atoms in total. The number of nitriles is 1. The maximum atomic E-state index is 8.71. The number of rotatable bonds is 6. The van der Waals surface area contributed by atoms with Crippen LogP contribution >= 0.6 is 0 Å². The number of aromatic nitrogens is 3. The second-order valence-corrected chi connectivity index (χ2v) is 3.80. The zero-order valence-electron chi connectivity index (χ0n) is 10.3. The van der Waals surface area contributed by atoms with E-state index in [0.29, 0.717) is 26.1 Å². The van der Waals surface area contributed by atoms with E-state index in [0.717, 1.165) is 11.3 Å². The van der Waals surface area contributed by atoms with Gasteiger partial charge in [0.05, 0.1) is 25.3 Å². The number of ether oxygens (including phenoxy) is 1. The third kappa shape index (κ3) is 2.57. The summed E-state index contributed by atoms with van der Waals surface area (Å²) in [5.74, 6) is 0.835. The first kappa shape index (κ1) is 12.3. The topological polar surface area (TPSA) is 66.5 Å². The van der Waals surface area contributed by atoms with Gasteiger partial charge < -0.3 is 9.64 Å². The lowest BCUT2D eigenvalue weighted by Gasteiger charge is -2.22. The fourth-order valence-corrected chi connectivity index (χ4v) is 1.80. The Morgan fingerprint density at radius 2 is 2.33 bits per heavy atom. The SMILES string of the molecule is COCCN(CCC#N)c1nccn2nccc12. The number of fused-ring (bicyclic) bond motifs is 1. The molecule has 0 amide bonds. The van der Waals surface area contributed by atoms with E-state index in [1.54, 1.807) is 30.2 Å². The highest BCUT2D eigenvalue weighted by molar-refractivity contribution is 5.68. The molecule has 2 heterocycles. The molecule has 94 valence electrons. The first-order valence-electron chi connectivity index (χ1n) is 5.76. The van der Waals surface area contributed by atoms with Crippen molar-refractivity contribution >= 4 is 11.3 Å². The molecule has 2 aromatic heterocycles. The second kappa shape index (κ2) is 5.98. The summed E-state index contributed by atoms with van der Waals surface area (Å²) in [6.07, 6.45) is 5.71. The molecule has 6 heteroatoms. The molecule has 0 fully saturated rings. The van der Waals surface area contributed by atoms with Crippen LogP contribution in [0.4, 0.5) is 5.82 Å². The van der Waals surface area contributed by atoms with Gasteiger partial charge in [0.25, 0.3) is 0 Å². The third-order valence-corrected chi connectivity index (χ3v) is 2.66. The maximum absolute atomic E-state index is 8.71. The number of anilines is 1. The molecule has 0 spiro atoms. The van der Waals surface area contributed by atoms with Crippen molar-refractivity contribution < 1.29 is 4.74 Å². The van der Waals surface area contributed by atoms with E-state index in [-0.39, 0.29) is 0 Å². The molecular formula is C12H15N5O. The van der Waals surface area contributed by atoms with Crippen LogP contribution in [-0.2, 0) is 4.74 Å². The van der Waals surface area contributed by atoms with Crippen LogP contribution in [0, 0.1) is 11.3 Å². The maximum Gasteiger partial charge on any atom is 0.154 e. The fraction of sp³-hybridized carbons (Fsp3) is 0.417. The normalized spacial score (nSPS) is 10.4. The summed E-state index contributed by atoms with van der Waals surface area (Å²) in [4.78, 5) is 6.43. The van der Waals surface area contributed by atoms with Gasteiger partial charge in [0, 0.05) is 32.6 Å². The molecule has 0 aromatic carbocycles. The average Bonchev–Trinajstić information content (AvgIpc) is 2.87. The summed E-state index contributed by atoms with van der Waals surface area (Å²) >= 11 is 0. The van der Waals surface area contributed by atoms with E-state index in [4.69, 9.17) is 10.00 Å². The van der Waals surface area contributed by atoms with Crippen LogP contribution in [0.3, 0.4) is 0 Å². The summed E-state index contributed by atoms with van der Waals surface area (Å²) in [6.45, 7) is 1.94. The zero-order chi connectivity index (χ0) is 12.8. The summed E-state index contributed by atoms with van der Waals surface area (Å²) in [5, 5.41) is 12.9. The third-order valence-electron chi connectivity index (χ3n) is 2.66. The van der Waals surface area contributed by atoms with Crippen LogP contribution in [0.2, 0.25) is 0 Å². The Morgan fingerprint density at radius 1 is 1.44 bits per heavy atom. The highest BCUT2D eigenvalue weighted by Crippen LogP contribution is 2.17. The molecule has 0 bridgehead atoms. The van der Waals surface area contributed by atoms with Crippen molar-refractivity contribution in [3.63, 3.8) is 0 Å². The molecule has 0 saturated carbocycles. The highest BCUT2D eigenvalue weighted by atomic mass is 16.5. The van der Waals surface area contributed by atoms with E-state index >= 15 is 0 Å². The van der Waals surface area contributed by atoms with Gasteiger partial charge in [0.2, 0.25) is 0 Å². The predicted molar refractivity (Wildman–Crippen MR) is 67.3 cm³/mol. The molecule has 0 N–H and O–H groups in total. The van der Waals surface area contributed by atoms with E-state index in [2.05, 4.69) is 16.2 Å². The molecule has 0 radical (unpaired) electrons. The molecular weight excluding hydrogens is 230 g/mol. The van der Waals surface area contributed by atoms with Gasteiger partial charge in [-0.1, -0.05) is 0 Å². The Morgan fingerprint density at radius 3 is 3.11 bits per heavy atom. The van der Waals surface area contributed by atoms with Gasteiger partial charge in [-0.15, -0.1) is 0 Å². The minimum atomic E-state index is 0.459. The molecule has 0 aliphatic carbocycles. The second-order valence-electron chi connectivity index (χ2n) is 3.80.